The average Bonchev–Trinajstić information content (AvgIpc) is 2.97. The summed E-state index contributed by atoms with van der Waals surface area (Å²) < 4.78 is 11.0. The molecule has 1 heterocycles. The van der Waals surface area contributed by atoms with Crippen molar-refractivity contribution in [3.8, 4) is 11.5 Å². The second-order valence-electron chi connectivity index (χ2n) is 8.40. The Bertz CT molecular complexity index is 1070. The van der Waals surface area contributed by atoms with Gasteiger partial charge in [-0.2, -0.15) is 5.10 Å². The van der Waals surface area contributed by atoms with Crippen LogP contribution in [0.5, 0.6) is 11.5 Å². The largest absolute Gasteiger partial charge is 0.493 e. The van der Waals surface area contributed by atoms with Crippen molar-refractivity contribution >= 4 is 17.6 Å². The highest BCUT2D eigenvalue weighted by Crippen LogP contribution is 2.34. The third-order valence-electron chi connectivity index (χ3n) is 5.69. The third-order valence-corrected chi connectivity index (χ3v) is 5.69. The number of urea groups is 1. The Labute approximate surface area is 200 Å². The van der Waals surface area contributed by atoms with Gasteiger partial charge < -0.3 is 25.0 Å². The third kappa shape index (κ3) is 5.48. The highest BCUT2D eigenvalue weighted by Gasteiger charge is 2.28. The van der Waals surface area contributed by atoms with Gasteiger partial charge in [0.05, 0.1) is 26.0 Å². The number of hydrazone groups is 1. The second-order valence-corrected chi connectivity index (χ2v) is 8.40. The zero-order chi connectivity index (χ0) is 24.8. The molecule has 0 saturated carbocycles. The Morgan fingerprint density at radius 2 is 1.76 bits per heavy atom. The van der Waals surface area contributed by atoms with Crippen molar-refractivity contribution in [2.45, 2.75) is 19.4 Å². The molecule has 0 saturated heterocycles. The smallest absolute Gasteiger partial charge is 0.337 e. The van der Waals surface area contributed by atoms with Gasteiger partial charge in [-0.3, -0.25) is 4.79 Å². The van der Waals surface area contributed by atoms with Gasteiger partial charge in [0.25, 0.3) is 5.91 Å². The summed E-state index contributed by atoms with van der Waals surface area (Å²) in [6, 6.07) is 10.6. The maximum atomic E-state index is 12.6. The molecule has 0 spiro atoms. The van der Waals surface area contributed by atoms with E-state index < -0.39 is 0 Å². The van der Waals surface area contributed by atoms with E-state index in [1.165, 1.54) is 5.01 Å². The number of hydrogen-bond acceptors (Lipinski definition) is 6. The van der Waals surface area contributed by atoms with Gasteiger partial charge in [0.2, 0.25) is 0 Å². The summed E-state index contributed by atoms with van der Waals surface area (Å²) in [5.74, 6) is 1.06. The molecule has 9 heteroatoms. The molecule has 2 aromatic rings. The zero-order valence-electron chi connectivity index (χ0n) is 20.6. The number of carbonyl (C=O) groups excluding carboxylic acids is 2. The van der Waals surface area contributed by atoms with E-state index in [-0.39, 0.29) is 18.0 Å². The van der Waals surface area contributed by atoms with Gasteiger partial charge in [-0.15, -0.1) is 0 Å². The summed E-state index contributed by atoms with van der Waals surface area (Å²) in [6.07, 6.45) is 0.586. The Balaban J connectivity index is 2.03. The zero-order valence-corrected chi connectivity index (χ0v) is 20.6. The highest BCUT2D eigenvalue weighted by atomic mass is 16.5. The molecular weight excluding hydrogens is 434 g/mol. The SMILES string of the molecule is CNC(=O)N1N=C(c2ccc(C(=O)NCCN(C)C)cc2)c2cc(OC)c(OC)cc2CC1C. The van der Waals surface area contributed by atoms with Crippen molar-refractivity contribution < 1.29 is 19.1 Å². The molecule has 182 valence electrons. The van der Waals surface area contributed by atoms with E-state index in [0.29, 0.717) is 35.7 Å². The number of ether oxygens (including phenoxy) is 2. The lowest BCUT2D eigenvalue weighted by Crippen LogP contribution is -2.41. The van der Waals surface area contributed by atoms with E-state index in [4.69, 9.17) is 14.6 Å². The van der Waals surface area contributed by atoms with Crippen molar-refractivity contribution in [1.82, 2.24) is 20.5 Å². The molecule has 1 atom stereocenters. The average molecular weight is 468 g/mol. The predicted octanol–water partition coefficient (Wildman–Crippen LogP) is 2.33. The van der Waals surface area contributed by atoms with Crippen LogP contribution in [0, 0.1) is 0 Å². The first-order chi connectivity index (χ1) is 16.3. The van der Waals surface area contributed by atoms with E-state index in [1.807, 2.05) is 50.2 Å². The summed E-state index contributed by atoms with van der Waals surface area (Å²) in [5.41, 5.74) is 3.78. The second kappa shape index (κ2) is 11.0. The number of hydrogen-bond donors (Lipinski definition) is 2. The van der Waals surface area contributed by atoms with Gasteiger partial charge in [0.15, 0.2) is 11.5 Å². The van der Waals surface area contributed by atoms with Crippen LogP contribution in [0.15, 0.2) is 41.5 Å². The minimum absolute atomic E-state index is 0.136. The van der Waals surface area contributed by atoms with Gasteiger partial charge >= 0.3 is 6.03 Å². The molecule has 2 aromatic carbocycles. The molecular formula is C25H33N5O4. The number of benzene rings is 2. The van der Waals surface area contributed by atoms with Gasteiger partial charge in [0.1, 0.15) is 0 Å². The van der Waals surface area contributed by atoms with E-state index in [2.05, 4.69) is 10.6 Å². The van der Waals surface area contributed by atoms with Crippen LogP contribution < -0.4 is 20.1 Å². The predicted molar refractivity (Wildman–Crippen MR) is 132 cm³/mol. The van der Waals surface area contributed by atoms with E-state index >= 15 is 0 Å². The van der Waals surface area contributed by atoms with E-state index in [1.54, 1.807) is 33.4 Å². The Hall–Kier alpha value is -3.59. The van der Waals surface area contributed by atoms with E-state index in [0.717, 1.165) is 23.2 Å². The number of carbonyl (C=O) groups is 2. The van der Waals surface area contributed by atoms with Crippen LogP contribution in [-0.2, 0) is 6.42 Å². The molecule has 3 rings (SSSR count). The lowest BCUT2D eigenvalue weighted by molar-refractivity contribution is 0.0951. The molecule has 1 aliphatic rings. The number of fused-ring (bicyclic) bond motifs is 1. The van der Waals surface area contributed by atoms with Crippen LogP contribution in [0.3, 0.4) is 0 Å². The first-order valence-corrected chi connectivity index (χ1v) is 11.2. The van der Waals surface area contributed by atoms with Gasteiger partial charge in [-0.25, -0.2) is 9.80 Å². The fourth-order valence-corrected chi connectivity index (χ4v) is 3.82. The standard InChI is InChI=1S/C25H33N5O4/c1-16-13-19-14-21(33-5)22(34-6)15-20(19)23(28-30(16)25(32)26-2)17-7-9-18(10-8-17)24(31)27-11-12-29(3)4/h7-10,14-16H,11-13H2,1-6H3,(H,26,32)(H,27,31). The lowest BCUT2D eigenvalue weighted by Gasteiger charge is -2.22. The fourth-order valence-electron chi connectivity index (χ4n) is 3.82. The summed E-state index contributed by atoms with van der Waals surface area (Å²) in [6.45, 7) is 3.27. The maximum absolute atomic E-state index is 12.6. The Morgan fingerprint density at radius 3 is 2.35 bits per heavy atom. The number of methoxy groups -OCH3 is 2. The molecule has 2 N–H and O–H groups in total. The molecule has 34 heavy (non-hydrogen) atoms. The van der Waals surface area contributed by atoms with Crippen LogP contribution in [-0.4, -0.2) is 82.1 Å². The van der Waals surface area contributed by atoms with E-state index in [9.17, 15) is 9.59 Å². The maximum Gasteiger partial charge on any atom is 0.337 e. The number of amides is 3. The first-order valence-electron chi connectivity index (χ1n) is 11.2. The topological polar surface area (TPSA) is 95.5 Å². The summed E-state index contributed by atoms with van der Waals surface area (Å²) in [5, 5.41) is 11.8. The van der Waals surface area contributed by atoms with Crippen LogP contribution in [0.2, 0.25) is 0 Å². The minimum Gasteiger partial charge on any atom is -0.493 e. The minimum atomic E-state index is -0.298. The normalized spacial score (nSPS) is 15.2. The highest BCUT2D eigenvalue weighted by molar-refractivity contribution is 6.15. The summed E-state index contributed by atoms with van der Waals surface area (Å²) in [7, 11) is 8.68. The van der Waals surface area contributed by atoms with Crippen LogP contribution in [0.1, 0.15) is 34.0 Å². The molecule has 0 radical (unpaired) electrons. The molecule has 0 aromatic heterocycles. The van der Waals surface area contributed by atoms with Crippen LogP contribution in [0.25, 0.3) is 0 Å². The first kappa shape index (κ1) is 25.0. The molecule has 1 aliphatic heterocycles. The van der Waals surface area contributed by atoms with Gasteiger partial charge in [0, 0.05) is 36.8 Å². The molecule has 0 fully saturated rings. The van der Waals surface area contributed by atoms with Crippen LogP contribution >= 0.6 is 0 Å². The van der Waals surface area contributed by atoms with Gasteiger partial charge in [-0.05, 0) is 57.3 Å². The Morgan fingerprint density at radius 1 is 1.12 bits per heavy atom. The molecule has 0 bridgehead atoms. The molecule has 1 unspecified atom stereocenters. The summed E-state index contributed by atoms with van der Waals surface area (Å²) in [4.78, 5) is 27.1. The summed E-state index contributed by atoms with van der Waals surface area (Å²) >= 11 is 0. The van der Waals surface area contributed by atoms with Crippen molar-refractivity contribution in [2.75, 3.05) is 48.5 Å². The molecule has 0 aliphatic carbocycles. The monoisotopic (exact) mass is 467 g/mol. The van der Waals surface area contributed by atoms with Crippen molar-refractivity contribution in [2.24, 2.45) is 5.10 Å². The van der Waals surface area contributed by atoms with Crippen molar-refractivity contribution in [1.29, 1.82) is 0 Å². The molecule has 3 amide bonds. The van der Waals surface area contributed by atoms with Crippen LogP contribution in [0.4, 0.5) is 4.79 Å². The lowest BCUT2D eigenvalue weighted by atomic mass is 9.93. The Kier molecular flexibility index (Phi) is 8.12. The quantitative estimate of drug-likeness (QED) is 0.652. The van der Waals surface area contributed by atoms with Gasteiger partial charge in [-0.1, -0.05) is 12.1 Å². The molecule has 9 nitrogen and oxygen atoms in total. The number of nitrogens with one attached hydrogen (secondary N) is 2. The number of likely N-dealkylation sites (N-methyl/N-ethyl adjacent to an activating group) is 1. The fraction of sp³-hybridized carbons (Fsp3) is 0.400. The van der Waals surface area contributed by atoms with Crippen molar-refractivity contribution in [3.05, 3.63) is 58.7 Å². The number of nitrogens with zero attached hydrogens (tertiary/aromatic N) is 3. The van der Waals surface area contributed by atoms with Crippen molar-refractivity contribution in [3.63, 3.8) is 0 Å². The number of rotatable bonds is 7.